The molecule has 2 heterocycles. The molecule has 0 atom stereocenters. The zero-order valence-corrected chi connectivity index (χ0v) is 23.9. The molecule has 0 spiro atoms. The molecule has 5 rings (SSSR count). The van der Waals surface area contributed by atoms with Gasteiger partial charge in [-0.25, -0.2) is 12.8 Å². The minimum Gasteiger partial charge on any atom is -0.369 e. The van der Waals surface area contributed by atoms with Gasteiger partial charge in [-0.15, -0.1) is 0 Å². The fourth-order valence-electron chi connectivity index (χ4n) is 5.22. The van der Waals surface area contributed by atoms with Gasteiger partial charge in [0.2, 0.25) is 10.0 Å². The van der Waals surface area contributed by atoms with E-state index in [-0.39, 0.29) is 52.0 Å². The summed E-state index contributed by atoms with van der Waals surface area (Å²) in [6.45, 7) is 2.06. The summed E-state index contributed by atoms with van der Waals surface area (Å²) in [6, 6.07) is 17.3. The van der Waals surface area contributed by atoms with Crippen LogP contribution in [-0.2, 0) is 10.0 Å². The van der Waals surface area contributed by atoms with E-state index in [1.54, 1.807) is 41.3 Å². The second-order valence-corrected chi connectivity index (χ2v) is 12.6. The Morgan fingerprint density at radius 1 is 0.800 bits per heavy atom. The van der Waals surface area contributed by atoms with Gasteiger partial charge in [0.15, 0.2) is 5.78 Å². The summed E-state index contributed by atoms with van der Waals surface area (Å²) in [5.74, 6) is -0.905. The van der Waals surface area contributed by atoms with Crippen molar-refractivity contribution in [2.45, 2.75) is 17.7 Å². The van der Waals surface area contributed by atoms with E-state index in [1.807, 2.05) is 4.90 Å². The first kappa shape index (κ1) is 28.5. The number of anilines is 1. The van der Waals surface area contributed by atoms with Crippen LogP contribution in [0.25, 0.3) is 0 Å². The van der Waals surface area contributed by atoms with Gasteiger partial charge >= 0.3 is 0 Å². The average Bonchev–Trinajstić information content (AvgIpc) is 2.97. The zero-order chi connectivity index (χ0) is 28.4. The monoisotopic (exact) mass is 603 g/mol. The Balaban J connectivity index is 1.25. The van der Waals surface area contributed by atoms with Gasteiger partial charge in [-0.05, 0) is 67.4 Å². The number of rotatable bonds is 6. The lowest BCUT2D eigenvalue weighted by molar-refractivity contribution is 0.0650. The van der Waals surface area contributed by atoms with Gasteiger partial charge in [-0.2, -0.15) is 4.31 Å². The number of piperidine rings is 1. The molecule has 0 aromatic heterocycles. The van der Waals surface area contributed by atoms with Crippen LogP contribution in [0.5, 0.6) is 0 Å². The van der Waals surface area contributed by atoms with Crippen LogP contribution < -0.4 is 4.90 Å². The molecule has 210 valence electrons. The van der Waals surface area contributed by atoms with Crippen LogP contribution in [0, 0.1) is 11.7 Å². The number of benzene rings is 3. The molecule has 2 aliphatic heterocycles. The summed E-state index contributed by atoms with van der Waals surface area (Å²) in [6.07, 6.45) is 0.986. The molecule has 7 nitrogen and oxygen atoms in total. The summed E-state index contributed by atoms with van der Waals surface area (Å²) >= 11 is 12.5. The molecular formula is C29H28Cl2FN3O4S. The normalized spacial score (nSPS) is 17.2. The van der Waals surface area contributed by atoms with Crippen LogP contribution in [0.2, 0.25) is 10.0 Å². The SMILES string of the molecule is O=C(c1ccccc1Cl)C1CCN(C(=O)c2ccc(Cl)c(S(=O)(=O)N3CCN(c4ccc(F)cc4)CC3)c2)CC1. The molecule has 0 saturated carbocycles. The van der Waals surface area contributed by atoms with Gasteiger partial charge in [-0.1, -0.05) is 35.3 Å². The summed E-state index contributed by atoms with van der Waals surface area (Å²) in [5, 5.41) is 0.458. The van der Waals surface area contributed by atoms with Crippen molar-refractivity contribution in [1.29, 1.82) is 0 Å². The van der Waals surface area contributed by atoms with Crippen molar-refractivity contribution >= 4 is 50.6 Å². The molecule has 2 fully saturated rings. The number of Topliss-reactive ketones (excluding diaryl/α,β-unsaturated/α-hetero) is 1. The number of carbonyl (C=O) groups excluding carboxylic acids is 2. The Kier molecular flexibility index (Phi) is 8.47. The van der Waals surface area contributed by atoms with E-state index in [4.69, 9.17) is 23.2 Å². The van der Waals surface area contributed by atoms with Gasteiger partial charge < -0.3 is 9.80 Å². The van der Waals surface area contributed by atoms with Crippen molar-refractivity contribution in [3.63, 3.8) is 0 Å². The lowest BCUT2D eigenvalue weighted by Crippen LogP contribution is -2.48. The van der Waals surface area contributed by atoms with E-state index in [9.17, 15) is 22.4 Å². The number of hydrogen-bond acceptors (Lipinski definition) is 5. The Labute approximate surface area is 243 Å². The first-order chi connectivity index (χ1) is 19.1. The van der Waals surface area contributed by atoms with Crippen molar-refractivity contribution in [1.82, 2.24) is 9.21 Å². The Hall–Kier alpha value is -2.98. The van der Waals surface area contributed by atoms with E-state index < -0.39 is 10.0 Å². The number of sulfonamides is 1. The standard InChI is InChI=1S/C29H28Cl2FN3O4S/c30-25-4-2-1-3-24(25)28(36)20-11-13-34(14-12-20)29(37)21-5-10-26(31)27(19-21)40(38,39)35-17-15-33(16-18-35)23-8-6-22(32)7-9-23/h1-10,19-20H,11-18H2. The van der Waals surface area contributed by atoms with Crippen molar-refractivity contribution in [2.75, 3.05) is 44.2 Å². The highest BCUT2D eigenvalue weighted by Crippen LogP contribution is 2.30. The van der Waals surface area contributed by atoms with Gasteiger partial charge in [0, 0.05) is 62.0 Å². The quantitative estimate of drug-likeness (QED) is 0.354. The van der Waals surface area contributed by atoms with Gasteiger partial charge in [-0.3, -0.25) is 9.59 Å². The highest BCUT2D eigenvalue weighted by molar-refractivity contribution is 7.89. The highest BCUT2D eigenvalue weighted by Gasteiger charge is 2.33. The van der Waals surface area contributed by atoms with Crippen molar-refractivity contribution in [3.8, 4) is 0 Å². The molecular weight excluding hydrogens is 576 g/mol. The lowest BCUT2D eigenvalue weighted by Gasteiger charge is -2.35. The maximum absolute atomic E-state index is 13.5. The summed E-state index contributed by atoms with van der Waals surface area (Å²) in [7, 11) is -3.96. The maximum Gasteiger partial charge on any atom is 0.253 e. The smallest absolute Gasteiger partial charge is 0.253 e. The highest BCUT2D eigenvalue weighted by atomic mass is 35.5. The minimum atomic E-state index is -3.96. The second-order valence-electron chi connectivity index (χ2n) is 9.92. The molecule has 2 aliphatic rings. The summed E-state index contributed by atoms with van der Waals surface area (Å²) in [4.78, 5) is 29.8. The first-order valence-electron chi connectivity index (χ1n) is 13.0. The zero-order valence-electron chi connectivity index (χ0n) is 21.6. The third-order valence-corrected chi connectivity index (χ3v) is 10.2. The number of ketones is 1. The molecule has 3 aromatic carbocycles. The molecule has 40 heavy (non-hydrogen) atoms. The third kappa shape index (κ3) is 5.88. The number of likely N-dealkylation sites (tertiary alicyclic amines) is 1. The van der Waals surface area contributed by atoms with Gasteiger partial charge in [0.05, 0.1) is 10.0 Å². The van der Waals surface area contributed by atoms with Crippen LogP contribution in [0.4, 0.5) is 10.1 Å². The topological polar surface area (TPSA) is 78.0 Å². The first-order valence-corrected chi connectivity index (χ1v) is 15.2. The van der Waals surface area contributed by atoms with Crippen molar-refractivity contribution in [3.05, 3.63) is 93.7 Å². The Morgan fingerprint density at radius 2 is 1.45 bits per heavy atom. The molecule has 1 amide bonds. The van der Waals surface area contributed by atoms with E-state index in [2.05, 4.69) is 0 Å². The number of hydrogen-bond donors (Lipinski definition) is 0. The molecule has 0 N–H and O–H groups in total. The van der Waals surface area contributed by atoms with Crippen LogP contribution in [0.15, 0.2) is 71.6 Å². The average molecular weight is 605 g/mol. The van der Waals surface area contributed by atoms with Crippen LogP contribution >= 0.6 is 23.2 Å². The third-order valence-electron chi connectivity index (χ3n) is 7.52. The predicted molar refractivity (Wildman–Crippen MR) is 153 cm³/mol. The maximum atomic E-state index is 13.5. The predicted octanol–water partition coefficient (Wildman–Crippen LogP) is 5.38. The minimum absolute atomic E-state index is 0.0305. The van der Waals surface area contributed by atoms with Crippen molar-refractivity contribution in [2.24, 2.45) is 5.92 Å². The molecule has 2 saturated heterocycles. The fourth-order valence-corrected chi connectivity index (χ4v) is 7.37. The van der Waals surface area contributed by atoms with Crippen LogP contribution in [-0.4, -0.2) is 68.6 Å². The molecule has 0 radical (unpaired) electrons. The van der Waals surface area contributed by atoms with Gasteiger partial charge in [0.1, 0.15) is 10.7 Å². The second kappa shape index (κ2) is 11.9. The summed E-state index contributed by atoms with van der Waals surface area (Å²) < 4.78 is 41.7. The number of piperazine rings is 1. The van der Waals surface area contributed by atoms with E-state index in [1.165, 1.54) is 34.6 Å². The Morgan fingerprint density at radius 3 is 2.10 bits per heavy atom. The molecule has 11 heteroatoms. The molecule has 0 bridgehead atoms. The number of amides is 1. The lowest BCUT2D eigenvalue weighted by atomic mass is 9.88. The molecule has 0 aliphatic carbocycles. The van der Waals surface area contributed by atoms with E-state index in [0.29, 0.717) is 49.6 Å². The number of nitrogens with zero attached hydrogens (tertiary/aromatic N) is 3. The van der Waals surface area contributed by atoms with Gasteiger partial charge in [0.25, 0.3) is 5.91 Å². The number of carbonyl (C=O) groups is 2. The summed E-state index contributed by atoms with van der Waals surface area (Å²) in [5.41, 5.74) is 1.53. The Bertz CT molecular complexity index is 1520. The fraction of sp³-hybridized carbons (Fsp3) is 0.310. The van der Waals surface area contributed by atoms with Crippen LogP contribution in [0.3, 0.4) is 0 Å². The number of halogens is 3. The van der Waals surface area contributed by atoms with Crippen LogP contribution in [0.1, 0.15) is 33.6 Å². The molecule has 3 aromatic rings. The van der Waals surface area contributed by atoms with E-state index >= 15 is 0 Å². The largest absolute Gasteiger partial charge is 0.369 e. The van der Waals surface area contributed by atoms with E-state index in [0.717, 1.165) is 5.69 Å². The molecule has 0 unspecified atom stereocenters. The van der Waals surface area contributed by atoms with Crippen molar-refractivity contribution < 1.29 is 22.4 Å².